The van der Waals surface area contributed by atoms with Crippen LogP contribution in [0.25, 0.3) is 0 Å². The second-order valence-corrected chi connectivity index (χ2v) is 9.34. The molecule has 3 nitrogen and oxygen atoms in total. The van der Waals surface area contributed by atoms with Crippen LogP contribution in [-0.2, 0) is 10.0 Å². The van der Waals surface area contributed by atoms with Crippen LogP contribution in [0.1, 0.15) is 50.5 Å². The first kappa shape index (κ1) is 17.2. The molecule has 0 aromatic heterocycles. The summed E-state index contributed by atoms with van der Waals surface area (Å²) in [4.78, 5) is 0.406. The predicted molar refractivity (Wildman–Crippen MR) is 97.1 cm³/mol. The minimum Gasteiger partial charge on any atom is -0.207 e. The molecule has 1 heterocycles. The van der Waals surface area contributed by atoms with E-state index in [2.05, 4.69) is 15.9 Å². The summed E-state index contributed by atoms with van der Waals surface area (Å²) in [5.74, 6) is 0. The number of hydrogen-bond acceptors (Lipinski definition) is 2. The molecule has 1 aliphatic heterocycles. The van der Waals surface area contributed by atoms with Gasteiger partial charge in [0.1, 0.15) is 0 Å². The molecule has 1 saturated heterocycles. The Morgan fingerprint density at radius 2 is 1.74 bits per heavy atom. The zero-order valence-corrected chi connectivity index (χ0v) is 16.0. The number of nitrogens with zero attached hydrogens (tertiary/aromatic N) is 1. The van der Waals surface area contributed by atoms with Crippen LogP contribution in [-0.4, -0.2) is 25.3 Å². The van der Waals surface area contributed by atoms with Crippen LogP contribution in [0.4, 0.5) is 0 Å². The lowest BCUT2D eigenvalue weighted by atomic mass is 9.93. The first-order valence-corrected chi connectivity index (χ1v) is 10.7. The number of benzene rings is 1. The number of allylic oxidation sites excluding steroid dienone is 1. The third-order valence-electron chi connectivity index (χ3n) is 4.92. The molecule has 2 fully saturated rings. The molecular formula is C18H24BrNO2S. The van der Waals surface area contributed by atoms with Gasteiger partial charge < -0.3 is 0 Å². The number of rotatable bonds is 3. The molecule has 2 aliphatic rings. The highest BCUT2D eigenvalue weighted by Gasteiger charge is 2.37. The summed E-state index contributed by atoms with van der Waals surface area (Å²) >= 11 is 3.76. The maximum atomic E-state index is 13.0. The summed E-state index contributed by atoms with van der Waals surface area (Å²) in [6.45, 7) is 2.59. The summed E-state index contributed by atoms with van der Waals surface area (Å²) < 4.78 is 28.9. The fourth-order valence-electron chi connectivity index (χ4n) is 3.58. The number of hydrogen-bond donors (Lipinski definition) is 0. The predicted octanol–water partition coefficient (Wildman–Crippen LogP) is 4.76. The van der Waals surface area contributed by atoms with Crippen molar-refractivity contribution >= 4 is 26.0 Å². The van der Waals surface area contributed by atoms with Crippen molar-refractivity contribution in [2.75, 3.05) is 6.54 Å². The van der Waals surface area contributed by atoms with Crippen LogP contribution in [0.3, 0.4) is 0 Å². The third kappa shape index (κ3) is 3.57. The second-order valence-electron chi connectivity index (χ2n) is 6.60. The van der Waals surface area contributed by atoms with E-state index in [4.69, 9.17) is 0 Å². The first-order valence-electron chi connectivity index (χ1n) is 8.46. The van der Waals surface area contributed by atoms with Gasteiger partial charge in [-0.3, -0.25) is 0 Å². The molecule has 1 aromatic rings. The summed E-state index contributed by atoms with van der Waals surface area (Å²) in [5.41, 5.74) is 2.50. The van der Waals surface area contributed by atoms with E-state index in [0.29, 0.717) is 11.4 Å². The molecule has 5 heteroatoms. The van der Waals surface area contributed by atoms with Crippen LogP contribution in [0.2, 0.25) is 0 Å². The summed E-state index contributed by atoms with van der Waals surface area (Å²) in [5, 5.41) is 0. The molecular weight excluding hydrogens is 374 g/mol. The lowest BCUT2D eigenvalue weighted by Crippen LogP contribution is -2.36. The number of aryl methyl sites for hydroxylation is 1. The van der Waals surface area contributed by atoms with E-state index < -0.39 is 10.0 Å². The highest BCUT2D eigenvalue weighted by atomic mass is 79.9. The summed E-state index contributed by atoms with van der Waals surface area (Å²) in [6.07, 6.45) is 7.79. The smallest absolute Gasteiger partial charge is 0.207 e. The van der Waals surface area contributed by atoms with E-state index in [1.165, 1.54) is 24.8 Å². The normalized spacial score (nSPS) is 23.2. The van der Waals surface area contributed by atoms with Gasteiger partial charge in [0.05, 0.1) is 10.9 Å². The van der Waals surface area contributed by atoms with Crippen molar-refractivity contribution in [3.05, 3.63) is 39.9 Å². The van der Waals surface area contributed by atoms with Gasteiger partial charge in [0.25, 0.3) is 0 Å². The standard InChI is InChI=1S/C18H24BrNO2S/c1-14-9-11-16(12-10-14)23(21,22)20-13-5-8-17(20)18(19)15-6-3-2-4-7-15/h9-12,17H,2-8,13H2,1H3. The van der Waals surface area contributed by atoms with Crippen LogP contribution >= 0.6 is 15.9 Å². The van der Waals surface area contributed by atoms with Gasteiger partial charge in [0.2, 0.25) is 10.0 Å². The van der Waals surface area contributed by atoms with E-state index >= 15 is 0 Å². The third-order valence-corrected chi connectivity index (χ3v) is 7.93. The first-order chi connectivity index (χ1) is 11.0. The largest absolute Gasteiger partial charge is 0.243 e. The Bertz CT molecular complexity index is 686. The second kappa shape index (κ2) is 7.08. The Labute approximate surface area is 147 Å². The van der Waals surface area contributed by atoms with E-state index in [0.717, 1.165) is 35.7 Å². The molecule has 1 atom stereocenters. The Hall–Kier alpha value is -0.650. The SMILES string of the molecule is Cc1ccc(S(=O)(=O)N2CCCC2C(Br)=C2CCCCC2)cc1. The molecule has 1 unspecified atom stereocenters. The number of halogens is 1. The van der Waals surface area contributed by atoms with Crippen molar-refractivity contribution in [3.8, 4) is 0 Å². The van der Waals surface area contributed by atoms with Gasteiger partial charge in [-0.15, -0.1) is 0 Å². The fourth-order valence-corrected chi connectivity index (χ4v) is 6.25. The van der Waals surface area contributed by atoms with Crippen LogP contribution in [0.5, 0.6) is 0 Å². The monoisotopic (exact) mass is 397 g/mol. The molecule has 1 aliphatic carbocycles. The van der Waals surface area contributed by atoms with Gasteiger partial charge in [-0.25, -0.2) is 8.42 Å². The molecule has 3 rings (SSSR count). The molecule has 0 N–H and O–H groups in total. The fraction of sp³-hybridized carbons (Fsp3) is 0.556. The van der Waals surface area contributed by atoms with Crippen molar-refractivity contribution < 1.29 is 8.42 Å². The van der Waals surface area contributed by atoms with Gasteiger partial charge in [0.15, 0.2) is 0 Å². The highest BCUT2D eigenvalue weighted by Crippen LogP contribution is 2.37. The van der Waals surface area contributed by atoms with Crippen molar-refractivity contribution in [1.29, 1.82) is 0 Å². The summed E-state index contributed by atoms with van der Waals surface area (Å²) in [6, 6.07) is 7.16. The Balaban J connectivity index is 1.90. The molecule has 1 saturated carbocycles. The zero-order valence-electron chi connectivity index (χ0n) is 13.6. The summed E-state index contributed by atoms with van der Waals surface area (Å²) in [7, 11) is -3.42. The van der Waals surface area contributed by atoms with E-state index in [-0.39, 0.29) is 6.04 Å². The van der Waals surface area contributed by atoms with Gasteiger partial charge in [0, 0.05) is 11.0 Å². The maximum absolute atomic E-state index is 13.0. The van der Waals surface area contributed by atoms with E-state index in [1.54, 1.807) is 16.4 Å². The lowest BCUT2D eigenvalue weighted by Gasteiger charge is -2.27. The Morgan fingerprint density at radius 3 is 2.39 bits per heavy atom. The molecule has 23 heavy (non-hydrogen) atoms. The minimum atomic E-state index is -3.42. The minimum absolute atomic E-state index is 0.0191. The van der Waals surface area contributed by atoms with Crippen LogP contribution in [0, 0.1) is 6.92 Å². The zero-order chi connectivity index (χ0) is 16.4. The molecule has 0 radical (unpaired) electrons. The van der Waals surface area contributed by atoms with E-state index in [1.807, 2.05) is 19.1 Å². The molecule has 0 bridgehead atoms. The average molecular weight is 398 g/mol. The highest BCUT2D eigenvalue weighted by molar-refractivity contribution is 9.11. The number of sulfonamides is 1. The molecule has 0 spiro atoms. The van der Waals surface area contributed by atoms with E-state index in [9.17, 15) is 8.42 Å². The topological polar surface area (TPSA) is 37.4 Å². The molecule has 0 amide bonds. The quantitative estimate of drug-likeness (QED) is 0.736. The van der Waals surface area contributed by atoms with Gasteiger partial charge in [-0.1, -0.05) is 45.6 Å². The van der Waals surface area contributed by atoms with Crippen molar-refractivity contribution in [3.63, 3.8) is 0 Å². The lowest BCUT2D eigenvalue weighted by molar-refractivity contribution is 0.426. The average Bonchev–Trinajstić information content (AvgIpc) is 3.06. The van der Waals surface area contributed by atoms with Crippen LogP contribution in [0.15, 0.2) is 39.2 Å². The molecule has 1 aromatic carbocycles. The Kier molecular flexibility index (Phi) is 5.29. The molecule has 126 valence electrons. The van der Waals surface area contributed by atoms with Gasteiger partial charge in [-0.2, -0.15) is 4.31 Å². The van der Waals surface area contributed by atoms with Crippen molar-refractivity contribution in [1.82, 2.24) is 4.31 Å². The van der Waals surface area contributed by atoms with Gasteiger partial charge in [-0.05, 0) is 57.6 Å². The maximum Gasteiger partial charge on any atom is 0.243 e. The van der Waals surface area contributed by atoms with Gasteiger partial charge >= 0.3 is 0 Å². The van der Waals surface area contributed by atoms with Crippen molar-refractivity contribution in [2.24, 2.45) is 0 Å². The van der Waals surface area contributed by atoms with Crippen molar-refractivity contribution in [2.45, 2.75) is 62.8 Å². The van der Waals surface area contributed by atoms with Crippen LogP contribution < -0.4 is 0 Å². The Morgan fingerprint density at radius 1 is 1.09 bits per heavy atom.